The van der Waals surface area contributed by atoms with Crippen LogP contribution in [0.3, 0.4) is 0 Å². The molecule has 3 rings (SSSR count). The number of anilines is 2. The maximum Gasteiger partial charge on any atom is 0.166 e. The summed E-state index contributed by atoms with van der Waals surface area (Å²) in [6.07, 6.45) is 4.34. The van der Waals surface area contributed by atoms with Crippen LogP contribution in [0, 0.1) is 5.92 Å². The van der Waals surface area contributed by atoms with Crippen LogP contribution in [0.25, 0.3) is 0 Å². The van der Waals surface area contributed by atoms with Gasteiger partial charge in [0, 0.05) is 37.7 Å². The van der Waals surface area contributed by atoms with Gasteiger partial charge in [0.25, 0.3) is 0 Å². The predicted octanol–water partition coefficient (Wildman–Crippen LogP) is 2.25. The number of Topliss-reactive ketones (excluding diaryl/α,β-unsaturated/α-hetero) is 1. The number of benzene rings is 1. The summed E-state index contributed by atoms with van der Waals surface area (Å²) in [5.74, 6) is 0.567. The molecule has 1 aromatic rings. The molecule has 108 valence electrons. The van der Waals surface area contributed by atoms with Crippen molar-refractivity contribution in [2.45, 2.75) is 31.7 Å². The Morgan fingerprint density at radius 1 is 1.35 bits per heavy atom. The Balaban J connectivity index is 1.85. The summed E-state index contributed by atoms with van der Waals surface area (Å²) in [6.45, 7) is 1.93. The molecule has 0 radical (unpaired) electrons. The van der Waals surface area contributed by atoms with Gasteiger partial charge in [-0.3, -0.25) is 4.79 Å². The van der Waals surface area contributed by atoms with Crippen molar-refractivity contribution in [1.82, 2.24) is 0 Å². The van der Waals surface area contributed by atoms with E-state index in [2.05, 4.69) is 16.3 Å². The van der Waals surface area contributed by atoms with E-state index in [-0.39, 0.29) is 12.0 Å². The van der Waals surface area contributed by atoms with E-state index >= 15 is 0 Å². The Morgan fingerprint density at radius 2 is 2.15 bits per heavy atom. The zero-order chi connectivity index (χ0) is 14.1. The van der Waals surface area contributed by atoms with E-state index in [4.69, 9.17) is 5.73 Å². The summed E-state index contributed by atoms with van der Waals surface area (Å²) in [7, 11) is 1.91. The molecule has 1 heterocycles. The summed E-state index contributed by atoms with van der Waals surface area (Å²) >= 11 is 0. The van der Waals surface area contributed by atoms with E-state index in [9.17, 15) is 4.79 Å². The van der Waals surface area contributed by atoms with Crippen molar-refractivity contribution in [1.29, 1.82) is 0 Å². The van der Waals surface area contributed by atoms with Crippen molar-refractivity contribution in [3.63, 3.8) is 0 Å². The first-order valence-electron chi connectivity index (χ1n) is 7.55. The first-order chi connectivity index (χ1) is 9.69. The molecule has 1 saturated heterocycles. The van der Waals surface area contributed by atoms with Gasteiger partial charge < -0.3 is 16.0 Å². The fourth-order valence-electron chi connectivity index (χ4n) is 2.98. The van der Waals surface area contributed by atoms with Crippen molar-refractivity contribution in [2.24, 2.45) is 11.7 Å². The van der Waals surface area contributed by atoms with Crippen LogP contribution in [0.15, 0.2) is 18.2 Å². The quantitative estimate of drug-likeness (QED) is 0.826. The Hall–Kier alpha value is -1.55. The maximum atomic E-state index is 12.2. The summed E-state index contributed by atoms with van der Waals surface area (Å²) in [6, 6.07) is 6.29. The lowest BCUT2D eigenvalue weighted by atomic mass is 10.0. The number of hydrogen-bond donors (Lipinski definition) is 2. The number of ketones is 1. The highest BCUT2D eigenvalue weighted by molar-refractivity contribution is 6.00. The van der Waals surface area contributed by atoms with E-state index in [0.29, 0.717) is 5.78 Å². The van der Waals surface area contributed by atoms with Gasteiger partial charge in [-0.1, -0.05) is 0 Å². The van der Waals surface area contributed by atoms with Gasteiger partial charge in [-0.2, -0.15) is 0 Å². The lowest BCUT2D eigenvalue weighted by molar-refractivity contribution is 0.0967. The molecular weight excluding hydrogens is 250 g/mol. The van der Waals surface area contributed by atoms with Crippen LogP contribution in [0.5, 0.6) is 0 Å². The minimum absolute atomic E-state index is 0.251. The van der Waals surface area contributed by atoms with Crippen LogP contribution in [0.1, 0.15) is 36.0 Å². The monoisotopic (exact) mass is 273 g/mol. The highest BCUT2D eigenvalue weighted by Gasteiger charge is 2.31. The van der Waals surface area contributed by atoms with Crippen molar-refractivity contribution >= 4 is 17.2 Å². The molecule has 1 saturated carbocycles. The number of piperidine rings is 1. The maximum absolute atomic E-state index is 12.2. The number of carbonyl (C=O) groups is 1. The van der Waals surface area contributed by atoms with Gasteiger partial charge in [0.2, 0.25) is 0 Å². The van der Waals surface area contributed by atoms with Gasteiger partial charge in [-0.15, -0.1) is 0 Å². The van der Waals surface area contributed by atoms with Crippen LogP contribution < -0.4 is 16.0 Å². The highest BCUT2D eigenvalue weighted by Crippen LogP contribution is 2.35. The normalized spacial score (nSPS) is 22.7. The second-order valence-electron chi connectivity index (χ2n) is 5.97. The van der Waals surface area contributed by atoms with E-state index in [0.717, 1.165) is 55.7 Å². The molecule has 1 aliphatic heterocycles. The van der Waals surface area contributed by atoms with Crippen molar-refractivity contribution in [3.8, 4) is 0 Å². The number of nitrogens with zero attached hydrogens (tertiary/aromatic N) is 1. The average molecular weight is 273 g/mol. The van der Waals surface area contributed by atoms with Crippen molar-refractivity contribution < 1.29 is 4.79 Å². The number of nitrogens with two attached hydrogens (primary N) is 1. The summed E-state index contributed by atoms with van der Waals surface area (Å²) < 4.78 is 0. The molecule has 20 heavy (non-hydrogen) atoms. The van der Waals surface area contributed by atoms with Crippen LogP contribution in [0.4, 0.5) is 11.4 Å². The third-order valence-electron chi connectivity index (χ3n) is 4.30. The highest BCUT2D eigenvalue weighted by atomic mass is 16.1. The first kappa shape index (κ1) is 13.4. The molecule has 2 fully saturated rings. The van der Waals surface area contributed by atoms with Crippen molar-refractivity contribution in [3.05, 3.63) is 23.8 Å². The fourth-order valence-corrected chi connectivity index (χ4v) is 2.98. The lowest BCUT2D eigenvalue weighted by Crippen LogP contribution is -2.43. The molecule has 0 aromatic heterocycles. The van der Waals surface area contributed by atoms with Crippen LogP contribution in [0.2, 0.25) is 0 Å². The van der Waals surface area contributed by atoms with E-state index in [1.54, 1.807) is 0 Å². The second-order valence-corrected chi connectivity index (χ2v) is 5.97. The summed E-state index contributed by atoms with van der Waals surface area (Å²) in [4.78, 5) is 14.5. The fraction of sp³-hybridized carbons (Fsp3) is 0.562. The lowest BCUT2D eigenvalue weighted by Gasteiger charge is -2.34. The number of nitrogens with one attached hydrogen (secondary N) is 1. The second kappa shape index (κ2) is 5.44. The summed E-state index contributed by atoms with van der Waals surface area (Å²) in [5.41, 5.74) is 9.09. The first-order valence-corrected chi connectivity index (χ1v) is 7.55. The molecule has 2 aliphatic rings. The molecule has 1 atom stereocenters. The smallest absolute Gasteiger partial charge is 0.166 e. The minimum atomic E-state index is 0.251. The average Bonchev–Trinajstić information content (AvgIpc) is 3.30. The van der Waals surface area contributed by atoms with Gasteiger partial charge in [0.1, 0.15) is 0 Å². The van der Waals surface area contributed by atoms with E-state index < -0.39 is 0 Å². The Morgan fingerprint density at radius 3 is 2.80 bits per heavy atom. The zero-order valence-corrected chi connectivity index (χ0v) is 12.1. The molecule has 4 nitrogen and oxygen atoms in total. The largest absolute Gasteiger partial charge is 0.386 e. The van der Waals surface area contributed by atoms with Gasteiger partial charge >= 0.3 is 0 Å². The van der Waals surface area contributed by atoms with Crippen LogP contribution >= 0.6 is 0 Å². The van der Waals surface area contributed by atoms with E-state index in [1.807, 2.05) is 19.2 Å². The molecule has 3 N–H and O–H groups in total. The zero-order valence-electron chi connectivity index (χ0n) is 12.1. The molecular formula is C16H23N3O. The van der Waals surface area contributed by atoms with Crippen LogP contribution in [-0.2, 0) is 0 Å². The van der Waals surface area contributed by atoms with Gasteiger partial charge in [-0.05, 0) is 43.9 Å². The van der Waals surface area contributed by atoms with Gasteiger partial charge in [-0.25, -0.2) is 0 Å². The molecule has 4 heteroatoms. The molecule has 1 aromatic carbocycles. The number of rotatable bonds is 4. The van der Waals surface area contributed by atoms with E-state index in [1.165, 1.54) is 0 Å². The molecule has 0 spiro atoms. The Bertz CT molecular complexity index is 510. The standard InChI is InChI=1S/C16H23N3O/c1-18-14-9-12(16(20)11-4-5-11)6-7-15(14)19-8-2-3-13(17)10-19/h6-7,9,11,13,18H,2-5,8,10,17H2,1H3. The molecule has 0 bridgehead atoms. The molecule has 0 amide bonds. The molecule has 1 unspecified atom stereocenters. The minimum Gasteiger partial charge on any atom is -0.386 e. The Kier molecular flexibility index (Phi) is 3.66. The van der Waals surface area contributed by atoms with Crippen LogP contribution in [-0.4, -0.2) is 32.0 Å². The molecule has 1 aliphatic carbocycles. The predicted molar refractivity (Wildman–Crippen MR) is 82.5 cm³/mol. The summed E-state index contributed by atoms with van der Waals surface area (Å²) in [5, 5.41) is 3.23. The number of carbonyl (C=O) groups excluding carboxylic acids is 1. The topological polar surface area (TPSA) is 58.4 Å². The van der Waals surface area contributed by atoms with Gasteiger partial charge in [0.15, 0.2) is 5.78 Å². The van der Waals surface area contributed by atoms with Gasteiger partial charge in [0.05, 0.1) is 11.4 Å². The van der Waals surface area contributed by atoms with Crippen molar-refractivity contribution in [2.75, 3.05) is 30.4 Å². The number of hydrogen-bond acceptors (Lipinski definition) is 4. The Labute approximate surface area is 120 Å². The third-order valence-corrected chi connectivity index (χ3v) is 4.30. The third kappa shape index (κ3) is 2.66. The SMILES string of the molecule is CNc1cc(C(=O)C2CC2)ccc1N1CCCC(N)C1.